The number of nitrogens with zero attached hydrogens (tertiary/aromatic N) is 2. The van der Waals surface area contributed by atoms with E-state index in [1.54, 1.807) is 6.07 Å². The quantitative estimate of drug-likeness (QED) is 0.886. The molecule has 1 aliphatic heterocycles. The van der Waals surface area contributed by atoms with Gasteiger partial charge in [0.25, 0.3) is 0 Å². The summed E-state index contributed by atoms with van der Waals surface area (Å²) in [5, 5.41) is 6.22. The molecule has 2 rings (SSSR count). The van der Waals surface area contributed by atoms with Crippen LogP contribution < -0.4 is 5.32 Å². The predicted octanol–water partition coefficient (Wildman–Crippen LogP) is 2.06. The summed E-state index contributed by atoms with van der Waals surface area (Å²) < 4.78 is 43.1. The van der Waals surface area contributed by atoms with Gasteiger partial charge in [0.05, 0.1) is 0 Å². The van der Waals surface area contributed by atoms with Crippen LogP contribution in [0.1, 0.15) is 46.8 Å². The van der Waals surface area contributed by atoms with Crippen LogP contribution in [0.2, 0.25) is 0 Å². The van der Waals surface area contributed by atoms with Crippen LogP contribution >= 0.6 is 0 Å². The number of hydrogen-bond donors (Lipinski definition) is 1. The van der Waals surface area contributed by atoms with Crippen LogP contribution in [0, 0.1) is 0 Å². The Morgan fingerprint density at radius 1 is 1.38 bits per heavy atom. The standard InChI is InChI=1S/C15H24FN3O4S/c1-14(2,3)11-8-12(18-23-11)17-13(20)15(4,5)24(21,22)19-7-6-10(16)9-19/h8,10H,6-7,9H2,1-5H3,(H,17,18,20). The lowest BCUT2D eigenvalue weighted by atomic mass is 9.93. The zero-order chi connectivity index (χ0) is 18.3. The minimum Gasteiger partial charge on any atom is -0.359 e. The third-order valence-electron chi connectivity index (χ3n) is 4.12. The van der Waals surface area contributed by atoms with E-state index in [4.69, 9.17) is 4.52 Å². The molecule has 1 fully saturated rings. The molecule has 1 atom stereocenters. The first-order chi connectivity index (χ1) is 10.9. The molecule has 2 heterocycles. The highest BCUT2D eigenvalue weighted by molar-refractivity contribution is 7.91. The molecule has 0 radical (unpaired) electrons. The number of halogens is 1. The molecule has 1 aromatic heterocycles. The summed E-state index contributed by atoms with van der Waals surface area (Å²) in [4.78, 5) is 12.5. The fourth-order valence-corrected chi connectivity index (χ4v) is 3.93. The Hall–Kier alpha value is -1.48. The molecule has 7 nitrogen and oxygen atoms in total. The van der Waals surface area contributed by atoms with Crippen LogP contribution in [-0.2, 0) is 20.2 Å². The second-order valence-electron chi connectivity index (χ2n) is 7.54. The predicted molar refractivity (Wildman–Crippen MR) is 87.9 cm³/mol. The van der Waals surface area contributed by atoms with E-state index in [0.29, 0.717) is 5.76 Å². The van der Waals surface area contributed by atoms with Crippen LogP contribution in [0.5, 0.6) is 0 Å². The maximum absolute atomic E-state index is 13.3. The van der Waals surface area contributed by atoms with E-state index in [2.05, 4.69) is 10.5 Å². The van der Waals surface area contributed by atoms with Crippen molar-refractivity contribution in [1.29, 1.82) is 0 Å². The monoisotopic (exact) mass is 361 g/mol. The summed E-state index contributed by atoms with van der Waals surface area (Å²) in [6, 6.07) is 1.56. The van der Waals surface area contributed by atoms with Gasteiger partial charge in [-0.3, -0.25) is 4.79 Å². The number of nitrogens with one attached hydrogen (secondary N) is 1. The van der Waals surface area contributed by atoms with E-state index in [1.165, 1.54) is 13.8 Å². The molecular weight excluding hydrogens is 337 g/mol. The number of carbonyl (C=O) groups excluding carboxylic acids is 1. The Bertz CT molecular complexity index is 721. The number of alkyl halides is 1. The number of rotatable bonds is 4. The fraction of sp³-hybridized carbons (Fsp3) is 0.733. The zero-order valence-electron chi connectivity index (χ0n) is 14.6. The number of aromatic nitrogens is 1. The Kier molecular flexibility index (Phi) is 4.80. The van der Waals surface area contributed by atoms with Crippen molar-refractivity contribution < 1.29 is 22.1 Å². The molecule has 0 aliphatic carbocycles. The van der Waals surface area contributed by atoms with E-state index in [1.807, 2.05) is 20.8 Å². The molecule has 1 amide bonds. The van der Waals surface area contributed by atoms with Crippen molar-refractivity contribution in [3.8, 4) is 0 Å². The second-order valence-corrected chi connectivity index (χ2v) is 10.0. The average Bonchev–Trinajstić information content (AvgIpc) is 3.07. The third-order valence-corrected chi connectivity index (χ3v) is 6.60. The molecule has 1 aliphatic rings. The normalized spacial score (nSPS) is 20.3. The van der Waals surface area contributed by atoms with Crippen LogP contribution in [0.25, 0.3) is 0 Å². The van der Waals surface area contributed by atoms with Gasteiger partial charge in [0.15, 0.2) is 10.6 Å². The van der Waals surface area contributed by atoms with Gasteiger partial charge in [-0.05, 0) is 20.3 Å². The van der Waals surface area contributed by atoms with E-state index in [-0.39, 0.29) is 30.7 Å². The number of hydrogen-bond acceptors (Lipinski definition) is 5. The Morgan fingerprint density at radius 3 is 2.46 bits per heavy atom. The van der Waals surface area contributed by atoms with Gasteiger partial charge in [0, 0.05) is 24.6 Å². The van der Waals surface area contributed by atoms with Crippen molar-refractivity contribution in [2.75, 3.05) is 18.4 Å². The lowest BCUT2D eigenvalue weighted by Gasteiger charge is -2.28. The first-order valence-corrected chi connectivity index (χ1v) is 9.22. The minimum atomic E-state index is -3.99. The molecule has 24 heavy (non-hydrogen) atoms. The first kappa shape index (κ1) is 18.9. The SMILES string of the molecule is CC(C)(C)c1cc(NC(=O)C(C)(C)S(=O)(=O)N2CCC(F)C2)no1. The molecule has 0 saturated carbocycles. The van der Waals surface area contributed by atoms with E-state index in [0.717, 1.165) is 4.31 Å². The highest BCUT2D eigenvalue weighted by Gasteiger charge is 2.47. The number of sulfonamides is 1. The molecule has 1 unspecified atom stereocenters. The third kappa shape index (κ3) is 3.46. The van der Waals surface area contributed by atoms with Gasteiger partial charge < -0.3 is 9.84 Å². The summed E-state index contributed by atoms with van der Waals surface area (Å²) >= 11 is 0. The fourth-order valence-electron chi connectivity index (χ4n) is 2.30. The molecule has 0 aromatic carbocycles. The number of amides is 1. The molecule has 1 N–H and O–H groups in total. The van der Waals surface area contributed by atoms with Crippen molar-refractivity contribution in [3.05, 3.63) is 11.8 Å². The summed E-state index contributed by atoms with van der Waals surface area (Å²) in [6.07, 6.45) is -1.04. The summed E-state index contributed by atoms with van der Waals surface area (Å²) in [5.74, 6) is -0.0187. The van der Waals surface area contributed by atoms with Crippen LogP contribution in [0.3, 0.4) is 0 Å². The summed E-state index contributed by atoms with van der Waals surface area (Å²) in [5.41, 5.74) is -0.288. The van der Waals surface area contributed by atoms with Gasteiger partial charge in [-0.25, -0.2) is 12.8 Å². The number of anilines is 1. The van der Waals surface area contributed by atoms with Crippen LogP contribution in [0.4, 0.5) is 10.2 Å². The zero-order valence-corrected chi connectivity index (χ0v) is 15.4. The van der Waals surface area contributed by atoms with Gasteiger partial charge in [-0.1, -0.05) is 25.9 Å². The maximum atomic E-state index is 13.3. The van der Waals surface area contributed by atoms with Crippen molar-refractivity contribution in [2.24, 2.45) is 0 Å². The van der Waals surface area contributed by atoms with Gasteiger partial charge in [-0.2, -0.15) is 4.31 Å². The smallest absolute Gasteiger partial charge is 0.247 e. The van der Waals surface area contributed by atoms with E-state index >= 15 is 0 Å². The average molecular weight is 361 g/mol. The second kappa shape index (κ2) is 6.11. The molecule has 9 heteroatoms. The van der Waals surface area contributed by atoms with E-state index < -0.39 is 26.8 Å². The van der Waals surface area contributed by atoms with Crippen LogP contribution in [0.15, 0.2) is 10.6 Å². The maximum Gasteiger partial charge on any atom is 0.247 e. The highest BCUT2D eigenvalue weighted by Crippen LogP contribution is 2.28. The molecular formula is C15H24FN3O4S. The van der Waals surface area contributed by atoms with Crippen LogP contribution in [-0.4, -0.2) is 47.8 Å². The lowest BCUT2D eigenvalue weighted by Crippen LogP contribution is -2.51. The largest absolute Gasteiger partial charge is 0.359 e. The van der Waals surface area contributed by atoms with Crippen molar-refractivity contribution in [2.45, 2.75) is 57.4 Å². The Balaban J connectivity index is 2.17. The van der Waals surface area contributed by atoms with Gasteiger partial charge in [-0.15, -0.1) is 0 Å². The van der Waals surface area contributed by atoms with E-state index in [9.17, 15) is 17.6 Å². The lowest BCUT2D eigenvalue weighted by molar-refractivity contribution is -0.118. The highest BCUT2D eigenvalue weighted by atomic mass is 32.2. The Morgan fingerprint density at radius 2 is 2.00 bits per heavy atom. The molecule has 136 valence electrons. The topological polar surface area (TPSA) is 92.5 Å². The number of carbonyl (C=O) groups is 1. The van der Waals surface area contributed by atoms with Crippen molar-refractivity contribution >= 4 is 21.7 Å². The summed E-state index contributed by atoms with van der Waals surface area (Å²) in [7, 11) is -3.99. The van der Waals surface area contributed by atoms with Crippen molar-refractivity contribution in [1.82, 2.24) is 9.46 Å². The van der Waals surface area contributed by atoms with Gasteiger partial charge in [0.2, 0.25) is 15.9 Å². The first-order valence-electron chi connectivity index (χ1n) is 7.78. The Labute approximate surface area is 141 Å². The minimum absolute atomic E-state index is 0.0817. The summed E-state index contributed by atoms with van der Waals surface area (Å²) in [6.45, 7) is 8.24. The molecule has 1 saturated heterocycles. The molecule has 0 bridgehead atoms. The molecule has 0 spiro atoms. The van der Waals surface area contributed by atoms with Gasteiger partial charge >= 0.3 is 0 Å². The van der Waals surface area contributed by atoms with Gasteiger partial charge in [0.1, 0.15) is 11.9 Å². The molecule has 1 aromatic rings. The van der Waals surface area contributed by atoms with Crippen molar-refractivity contribution in [3.63, 3.8) is 0 Å².